The van der Waals surface area contributed by atoms with Gasteiger partial charge in [-0.25, -0.2) is 9.59 Å². The Bertz CT molecular complexity index is 662. The zero-order chi connectivity index (χ0) is 18.6. The third-order valence-corrected chi connectivity index (χ3v) is 3.70. The van der Waals surface area contributed by atoms with Crippen molar-refractivity contribution in [2.75, 3.05) is 13.7 Å². The van der Waals surface area contributed by atoms with Gasteiger partial charge >= 0.3 is 18.0 Å². The van der Waals surface area contributed by atoms with E-state index in [9.17, 15) is 14.7 Å². The molecule has 1 aromatic rings. The molecule has 7 nitrogen and oxygen atoms in total. The van der Waals surface area contributed by atoms with Crippen LogP contribution in [0.4, 0.5) is 0 Å². The first kappa shape index (κ1) is 18.8. The van der Waals surface area contributed by atoms with Crippen molar-refractivity contribution in [2.24, 2.45) is 0 Å². The van der Waals surface area contributed by atoms with Crippen LogP contribution in [0.15, 0.2) is 30.3 Å². The lowest BCUT2D eigenvalue weighted by molar-refractivity contribution is -0.555. The quantitative estimate of drug-likeness (QED) is 0.509. The Kier molecular flexibility index (Phi) is 5.66. The Labute approximate surface area is 146 Å². The second-order valence-electron chi connectivity index (χ2n) is 6.76. The van der Waals surface area contributed by atoms with Gasteiger partial charge < -0.3 is 19.3 Å². The summed E-state index contributed by atoms with van der Waals surface area (Å²) in [6.07, 6.45) is -0.761. The number of nitrogens with zero attached hydrogens (tertiary/aromatic N) is 1. The van der Waals surface area contributed by atoms with Crippen molar-refractivity contribution in [1.82, 2.24) is 0 Å². The molecule has 1 aliphatic heterocycles. The fourth-order valence-corrected chi connectivity index (χ4v) is 2.61. The van der Waals surface area contributed by atoms with Crippen LogP contribution in [-0.4, -0.2) is 59.1 Å². The molecule has 0 bridgehead atoms. The van der Waals surface area contributed by atoms with Crippen LogP contribution in [0.1, 0.15) is 37.6 Å². The van der Waals surface area contributed by atoms with Crippen LogP contribution in [0.3, 0.4) is 0 Å². The highest BCUT2D eigenvalue weighted by molar-refractivity contribution is 5.89. The number of ether oxygens (including phenoxy) is 3. The molecule has 2 rings (SSSR count). The third-order valence-electron chi connectivity index (χ3n) is 3.70. The van der Waals surface area contributed by atoms with E-state index < -0.39 is 29.7 Å². The van der Waals surface area contributed by atoms with Crippen molar-refractivity contribution in [1.29, 1.82) is 0 Å². The minimum Gasteiger partial charge on any atom is -0.464 e. The molecule has 1 fully saturated rings. The number of methoxy groups -OCH3 is 1. The standard InChI is InChI=1S/C18H23NO6/c1-18(2,3)25-17(22)19-11-10-13(14(19)16(21)23-4)24-15(20)12-8-6-5-7-9-12/h5-9,13-14H,10-11H2,1-4H3/p+1/t13?,14-/m0/s1. The number of aliphatic hydroxyl groups is 1. The zero-order valence-electron chi connectivity index (χ0n) is 14.9. The summed E-state index contributed by atoms with van der Waals surface area (Å²) in [5.41, 5.74) is -0.243. The van der Waals surface area contributed by atoms with Crippen molar-refractivity contribution in [3.8, 4) is 0 Å². The summed E-state index contributed by atoms with van der Waals surface area (Å²) in [6, 6.07) is 7.56. The average molecular weight is 350 g/mol. The van der Waals surface area contributed by atoms with Crippen LogP contribution < -0.4 is 0 Å². The molecule has 7 heteroatoms. The van der Waals surface area contributed by atoms with E-state index in [4.69, 9.17) is 14.2 Å². The Balaban J connectivity index is 2.23. The highest BCUT2D eigenvalue weighted by Gasteiger charge is 2.50. The van der Waals surface area contributed by atoms with Gasteiger partial charge in [-0.1, -0.05) is 18.2 Å². The Morgan fingerprint density at radius 3 is 2.40 bits per heavy atom. The second kappa shape index (κ2) is 7.55. The maximum Gasteiger partial charge on any atom is 0.548 e. The lowest BCUT2D eigenvalue weighted by atomic mass is 10.1. The first-order valence-electron chi connectivity index (χ1n) is 8.08. The second-order valence-corrected chi connectivity index (χ2v) is 6.76. The minimum atomic E-state index is -0.958. The largest absolute Gasteiger partial charge is 0.548 e. The van der Waals surface area contributed by atoms with Crippen LogP contribution in [0.2, 0.25) is 0 Å². The molecule has 136 valence electrons. The Morgan fingerprint density at radius 2 is 1.84 bits per heavy atom. The summed E-state index contributed by atoms with van der Waals surface area (Å²) in [5, 5.41) is 10.2. The SMILES string of the molecule is COC(=O)[C@@H]1C(OC(=O)c2ccccc2)CC[N+]1=C(O)OC(C)(C)C. The zero-order valence-corrected chi connectivity index (χ0v) is 14.9. The Hall–Kier alpha value is -2.57. The molecule has 1 aromatic carbocycles. The normalized spacial score (nSPS) is 22.2. The van der Waals surface area contributed by atoms with E-state index in [0.717, 1.165) is 0 Å². The summed E-state index contributed by atoms with van der Waals surface area (Å²) in [4.78, 5) is 24.5. The molecule has 1 N–H and O–H groups in total. The van der Waals surface area contributed by atoms with E-state index in [-0.39, 0.29) is 6.08 Å². The van der Waals surface area contributed by atoms with Crippen LogP contribution in [-0.2, 0) is 19.0 Å². The molecule has 0 amide bonds. The summed E-state index contributed by atoms with van der Waals surface area (Å²) in [6.45, 7) is 5.63. The van der Waals surface area contributed by atoms with Crippen LogP contribution in [0, 0.1) is 0 Å². The van der Waals surface area contributed by atoms with Gasteiger partial charge in [0.1, 0.15) is 5.60 Å². The van der Waals surface area contributed by atoms with Crippen LogP contribution in [0.25, 0.3) is 0 Å². The highest BCUT2D eigenvalue weighted by atomic mass is 16.6. The number of carbonyl (C=O) groups excluding carboxylic acids is 2. The Morgan fingerprint density at radius 1 is 1.20 bits per heavy atom. The van der Waals surface area contributed by atoms with Gasteiger partial charge in [-0.15, -0.1) is 4.58 Å². The molecule has 1 aliphatic rings. The van der Waals surface area contributed by atoms with Crippen molar-refractivity contribution >= 4 is 18.0 Å². The van der Waals surface area contributed by atoms with E-state index in [1.165, 1.54) is 11.7 Å². The first-order chi connectivity index (χ1) is 11.7. The van der Waals surface area contributed by atoms with Gasteiger partial charge in [0.15, 0.2) is 12.6 Å². The lowest BCUT2D eigenvalue weighted by Gasteiger charge is -2.19. The molecular weight excluding hydrogens is 326 g/mol. The van der Waals surface area contributed by atoms with Crippen molar-refractivity contribution < 1.29 is 33.5 Å². The fourth-order valence-electron chi connectivity index (χ4n) is 2.61. The first-order valence-corrected chi connectivity index (χ1v) is 8.08. The molecule has 0 aliphatic carbocycles. The molecule has 25 heavy (non-hydrogen) atoms. The molecule has 0 radical (unpaired) electrons. The molecule has 0 saturated carbocycles. The number of rotatable bonds is 3. The molecular formula is C18H24NO6+. The van der Waals surface area contributed by atoms with Gasteiger partial charge in [0.2, 0.25) is 0 Å². The molecule has 0 aromatic heterocycles. The van der Waals surface area contributed by atoms with Gasteiger partial charge in [-0.2, -0.15) is 0 Å². The number of carbonyl (C=O) groups is 2. The summed E-state index contributed by atoms with van der Waals surface area (Å²) >= 11 is 0. The summed E-state index contributed by atoms with van der Waals surface area (Å²) in [7, 11) is 1.25. The van der Waals surface area contributed by atoms with Gasteiger partial charge in [0.25, 0.3) is 6.04 Å². The topological polar surface area (TPSA) is 85.1 Å². The molecule has 0 spiro atoms. The smallest absolute Gasteiger partial charge is 0.464 e. The van der Waals surface area contributed by atoms with Gasteiger partial charge in [-0.3, -0.25) is 0 Å². The summed E-state index contributed by atoms with van der Waals surface area (Å²) < 4.78 is 17.1. The minimum absolute atomic E-state index is 0.300. The van der Waals surface area contributed by atoms with Crippen molar-refractivity contribution in [3.05, 3.63) is 35.9 Å². The molecule has 1 unspecified atom stereocenters. The maximum absolute atomic E-state index is 12.3. The molecule has 2 atom stereocenters. The number of hydrogen-bond acceptors (Lipinski definition) is 5. The highest BCUT2D eigenvalue weighted by Crippen LogP contribution is 2.21. The average Bonchev–Trinajstić information content (AvgIpc) is 2.97. The predicted octanol–water partition coefficient (Wildman–Crippen LogP) is 1.90. The van der Waals surface area contributed by atoms with E-state index in [1.807, 2.05) is 0 Å². The van der Waals surface area contributed by atoms with E-state index in [1.54, 1.807) is 51.1 Å². The third kappa shape index (κ3) is 4.71. The van der Waals surface area contributed by atoms with Crippen molar-refractivity contribution in [2.45, 2.75) is 44.9 Å². The molecule has 1 heterocycles. The summed E-state index contributed by atoms with van der Waals surface area (Å²) in [5.74, 6) is -1.13. The number of benzene rings is 1. The van der Waals surface area contributed by atoms with E-state index in [2.05, 4.69) is 0 Å². The van der Waals surface area contributed by atoms with Gasteiger partial charge in [-0.05, 0) is 32.9 Å². The van der Waals surface area contributed by atoms with Crippen LogP contribution in [0.5, 0.6) is 0 Å². The molecule has 1 saturated heterocycles. The monoisotopic (exact) mass is 350 g/mol. The number of hydrogen-bond donors (Lipinski definition) is 1. The predicted molar refractivity (Wildman–Crippen MR) is 89.7 cm³/mol. The lowest BCUT2D eigenvalue weighted by Crippen LogP contribution is -2.43. The van der Waals surface area contributed by atoms with E-state index >= 15 is 0 Å². The number of esters is 2. The number of aliphatic hydroxyl groups excluding tert-OH is 1. The van der Waals surface area contributed by atoms with Gasteiger partial charge in [0.05, 0.1) is 19.1 Å². The van der Waals surface area contributed by atoms with Crippen molar-refractivity contribution in [3.63, 3.8) is 0 Å². The van der Waals surface area contributed by atoms with Crippen LogP contribution >= 0.6 is 0 Å². The van der Waals surface area contributed by atoms with Gasteiger partial charge in [0, 0.05) is 0 Å². The maximum atomic E-state index is 12.3. The fraction of sp³-hybridized carbons (Fsp3) is 0.500. The van der Waals surface area contributed by atoms with E-state index in [0.29, 0.717) is 18.5 Å².